The van der Waals surface area contributed by atoms with E-state index < -0.39 is 17.8 Å². The second-order valence-electron chi connectivity index (χ2n) is 5.42. The van der Waals surface area contributed by atoms with E-state index in [4.69, 9.17) is 0 Å². The second-order valence-corrected chi connectivity index (χ2v) is 5.42. The Balaban J connectivity index is 1.99. The highest BCUT2D eigenvalue weighted by molar-refractivity contribution is 5.96. The Labute approximate surface area is 141 Å². The van der Waals surface area contributed by atoms with Gasteiger partial charge in [0.25, 0.3) is 5.56 Å². The zero-order chi connectivity index (χ0) is 18.0. The number of carbonyl (C=O) groups excluding carboxylic acids is 2. The number of benzene rings is 2. The van der Waals surface area contributed by atoms with Crippen molar-refractivity contribution in [2.24, 2.45) is 0 Å². The molecule has 0 fully saturated rings. The first kappa shape index (κ1) is 16.5. The van der Waals surface area contributed by atoms with Gasteiger partial charge in [-0.25, -0.2) is 14.3 Å². The molecule has 1 heterocycles. The Morgan fingerprint density at radius 2 is 1.88 bits per heavy atom. The molecule has 1 aromatic heterocycles. The highest BCUT2D eigenvalue weighted by Gasteiger charge is 2.16. The number of carbonyl (C=O) groups is 2. The number of nitrogens with zero attached hydrogens (tertiary/aromatic N) is 1. The molecule has 3 rings (SSSR count). The molecule has 0 atom stereocenters. The van der Waals surface area contributed by atoms with Gasteiger partial charge in [-0.1, -0.05) is 24.3 Å². The van der Waals surface area contributed by atoms with Gasteiger partial charge in [0.2, 0.25) is 0 Å². The molecular formula is C18H13FN2O4. The zero-order valence-electron chi connectivity index (χ0n) is 13.2. The Bertz CT molecular complexity index is 1040. The van der Waals surface area contributed by atoms with Gasteiger partial charge in [-0.05, 0) is 23.8 Å². The number of halogens is 1. The molecule has 6 nitrogen and oxygen atoms in total. The van der Waals surface area contributed by atoms with Gasteiger partial charge in [0.1, 0.15) is 5.82 Å². The predicted octanol–water partition coefficient (Wildman–Crippen LogP) is 2.36. The van der Waals surface area contributed by atoms with E-state index in [1.165, 1.54) is 12.1 Å². The molecule has 0 radical (unpaired) electrons. The second kappa shape index (κ2) is 6.64. The minimum atomic E-state index is -1.05. The average molecular weight is 340 g/mol. The standard InChI is InChI=1S/C18H13FN2O4/c1-10(22)25-18(24)14-8-11(6-7-15(14)19)9-16-12-4-2-3-5-13(12)17(23)21-20-16/h2-8H,9H2,1H3,(H,21,23). The average Bonchev–Trinajstić information content (AvgIpc) is 2.58. The third kappa shape index (κ3) is 3.45. The molecule has 0 unspecified atom stereocenters. The summed E-state index contributed by atoms with van der Waals surface area (Å²) < 4.78 is 18.3. The van der Waals surface area contributed by atoms with Gasteiger partial charge in [-0.2, -0.15) is 5.10 Å². The number of esters is 2. The SMILES string of the molecule is CC(=O)OC(=O)c1cc(Cc2n[nH]c(=O)c3ccccc23)ccc1F. The fourth-order valence-electron chi connectivity index (χ4n) is 2.52. The van der Waals surface area contributed by atoms with Crippen LogP contribution in [-0.2, 0) is 16.0 Å². The Morgan fingerprint density at radius 3 is 2.60 bits per heavy atom. The summed E-state index contributed by atoms with van der Waals surface area (Å²) in [5.74, 6) is -2.65. The van der Waals surface area contributed by atoms with Crippen molar-refractivity contribution in [2.45, 2.75) is 13.3 Å². The van der Waals surface area contributed by atoms with Gasteiger partial charge < -0.3 is 4.74 Å². The van der Waals surface area contributed by atoms with Crippen LogP contribution in [0.2, 0.25) is 0 Å². The van der Waals surface area contributed by atoms with Crippen LogP contribution in [0.25, 0.3) is 10.8 Å². The van der Waals surface area contributed by atoms with Crippen molar-refractivity contribution < 1.29 is 18.7 Å². The Hall–Kier alpha value is -3.35. The summed E-state index contributed by atoms with van der Waals surface area (Å²) in [6.45, 7) is 1.07. The first-order valence-corrected chi connectivity index (χ1v) is 7.43. The number of nitrogens with one attached hydrogen (secondary N) is 1. The molecule has 0 aliphatic rings. The molecule has 2 aromatic carbocycles. The fourth-order valence-corrected chi connectivity index (χ4v) is 2.52. The zero-order valence-corrected chi connectivity index (χ0v) is 13.2. The number of fused-ring (bicyclic) bond motifs is 1. The summed E-state index contributed by atoms with van der Waals surface area (Å²) >= 11 is 0. The third-order valence-corrected chi connectivity index (χ3v) is 3.63. The predicted molar refractivity (Wildman–Crippen MR) is 87.7 cm³/mol. The van der Waals surface area contributed by atoms with Crippen LogP contribution in [-0.4, -0.2) is 22.1 Å². The van der Waals surface area contributed by atoms with Gasteiger partial charge in [0.15, 0.2) is 0 Å². The number of aromatic nitrogens is 2. The number of hydrogen-bond donors (Lipinski definition) is 1. The highest BCUT2D eigenvalue weighted by Crippen LogP contribution is 2.19. The molecular weight excluding hydrogens is 327 g/mol. The summed E-state index contributed by atoms with van der Waals surface area (Å²) in [5.41, 5.74) is 0.528. The summed E-state index contributed by atoms with van der Waals surface area (Å²) in [6.07, 6.45) is 0.262. The molecule has 0 amide bonds. The van der Waals surface area contributed by atoms with Gasteiger partial charge in [-0.3, -0.25) is 9.59 Å². The van der Waals surface area contributed by atoms with Crippen LogP contribution >= 0.6 is 0 Å². The van der Waals surface area contributed by atoms with Gasteiger partial charge in [0.05, 0.1) is 16.6 Å². The molecule has 0 aliphatic heterocycles. The highest BCUT2D eigenvalue weighted by atomic mass is 19.1. The van der Waals surface area contributed by atoms with Crippen molar-refractivity contribution in [1.29, 1.82) is 0 Å². The fraction of sp³-hybridized carbons (Fsp3) is 0.111. The number of aromatic amines is 1. The van der Waals surface area contributed by atoms with Gasteiger partial charge in [-0.15, -0.1) is 0 Å². The first-order chi connectivity index (χ1) is 12.0. The van der Waals surface area contributed by atoms with E-state index in [-0.39, 0.29) is 17.5 Å². The van der Waals surface area contributed by atoms with E-state index >= 15 is 0 Å². The summed E-state index contributed by atoms with van der Waals surface area (Å²) in [7, 11) is 0. The topological polar surface area (TPSA) is 89.1 Å². The van der Waals surface area contributed by atoms with Crippen LogP contribution in [0.4, 0.5) is 4.39 Å². The molecule has 0 aliphatic carbocycles. The van der Waals surface area contributed by atoms with E-state index in [1.54, 1.807) is 24.3 Å². The van der Waals surface area contributed by atoms with Crippen molar-refractivity contribution in [2.75, 3.05) is 0 Å². The summed E-state index contributed by atoms with van der Waals surface area (Å²) in [6, 6.07) is 10.9. The van der Waals surface area contributed by atoms with E-state index in [2.05, 4.69) is 14.9 Å². The molecule has 126 valence electrons. The summed E-state index contributed by atoms with van der Waals surface area (Å²) in [4.78, 5) is 34.5. The van der Waals surface area contributed by atoms with Crippen LogP contribution in [0.15, 0.2) is 47.3 Å². The van der Waals surface area contributed by atoms with Gasteiger partial charge in [0, 0.05) is 18.7 Å². The van der Waals surface area contributed by atoms with Crippen molar-refractivity contribution in [3.05, 3.63) is 75.5 Å². The van der Waals surface area contributed by atoms with Crippen LogP contribution in [0, 0.1) is 5.82 Å². The van der Waals surface area contributed by atoms with Crippen molar-refractivity contribution in [3.63, 3.8) is 0 Å². The lowest BCUT2D eigenvalue weighted by Gasteiger charge is -2.07. The smallest absolute Gasteiger partial charge is 0.348 e. The largest absolute Gasteiger partial charge is 0.390 e. The lowest BCUT2D eigenvalue weighted by Crippen LogP contribution is -2.13. The monoisotopic (exact) mass is 340 g/mol. The summed E-state index contributed by atoms with van der Waals surface area (Å²) in [5, 5.41) is 7.63. The molecule has 1 N–H and O–H groups in total. The molecule has 0 saturated heterocycles. The Kier molecular flexibility index (Phi) is 4.38. The van der Waals surface area contributed by atoms with E-state index in [0.717, 1.165) is 13.0 Å². The number of H-pyrrole nitrogens is 1. The minimum Gasteiger partial charge on any atom is -0.390 e. The van der Waals surface area contributed by atoms with Gasteiger partial charge >= 0.3 is 11.9 Å². The Morgan fingerprint density at radius 1 is 1.16 bits per heavy atom. The first-order valence-electron chi connectivity index (χ1n) is 7.43. The van der Waals surface area contributed by atoms with Crippen LogP contribution in [0.1, 0.15) is 28.5 Å². The van der Waals surface area contributed by atoms with Crippen LogP contribution in [0.5, 0.6) is 0 Å². The molecule has 25 heavy (non-hydrogen) atoms. The molecule has 0 spiro atoms. The van der Waals surface area contributed by atoms with Crippen LogP contribution < -0.4 is 5.56 Å². The quantitative estimate of drug-likeness (QED) is 0.584. The van der Waals surface area contributed by atoms with Crippen molar-refractivity contribution in [1.82, 2.24) is 10.2 Å². The third-order valence-electron chi connectivity index (χ3n) is 3.63. The maximum Gasteiger partial charge on any atom is 0.348 e. The number of hydrogen-bond acceptors (Lipinski definition) is 5. The van der Waals surface area contributed by atoms with Crippen LogP contribution in [0.3, 0.4) is 0 Å². The van der Waals surface area contributed by atoms with Crippen molar-refractivity contribution in [3.8, 4) is 0 Å². The van der Waals surface area contributed by atoms with E-state index in [0.29, 0.717) is 22.0 Å². The molecule has 3 aromatic rings. The lowest BCUT2D eigenvalue weighted by molar-refractivity contribution is -0.135. The maximum atomic E-state index is 13.8. The van der Waals surface area contributed by atoms with Crippen molar-refractivity contribution >= 4 is 22.7 Å². The number of rotatable bonds is 3. The van der Waals surface area contributed by atoms with E-state index in [9.17, 15) is 18.8 Å². The van der Waals surface area contributed by atoms with E-state index in [1.807, 2.05) is 0 Å². The maximum absolute atomic E-state index is 13.8. The molecule has 0 bridgehead atoms. The molecule has 7 heteroatoms. The minimum absolute atomic E-state index is 0.262. The normalized spacial score (nSPS) is 10.6. The molecule has 0 saturated carbocycles. The lowest BCUT2D eigenvalue weighted by atomic mass is 10.0. The number of ether oxygens (including phenoxy) is 1.